The van der Waals surface area contributed by atoms with Gasteiger partial charge in [-0.05, 0) is 40.4 Å². The van der Waals surface area contributed by atoms with Gasteiger partial charge >= 0.3 is 5.97 Å². The zero-order valence-corrected chi connectivity index (χ0v) is 14.0. The molecule has 5 nitrogen and oxygen atoms in total. The third-order valence-corrected chi connectivity index (χ3v) is 3.98. The zero-order chi connectivity index (χ0) is 16.3. The molecule has 6 heteroatoms. The standard InChI is InChI=1S/C16H18BrNO4/c1-10(2)7-13(16(20)21)18-9-11(8-15(18)19)22-14-6-4-3-5-12(14)17/h3-6,8,10,13H,7,9H2,1-2H3,(H,20,21). The number of carboxylic acids is 1. The highest BCUT2D eigenvalue weighted by Gasteiger charge is 2.34. The lowest BCUT2D eigenvalue weighted by molar-refractivity contribution is -0.148. The predicted octanol–water partition coefficient (Wildman–Crippen LogP) is 3.05. The first-order valence-electron chi connectivity index (χ1n) is 7.05. The Kier molecular flexibility index (Phi) is 5.24. The molecule has 1 aliphatic rings. The fraction of sp³-hybridized carbons (Fsp3) is 0.375. The first kappa shape index (κ1) is 16.5. The van der Waals surface area contributed by atoms with Crippen LogP contribution in [0.4, 0.5) is 0 Å². The normalized spacial score (nSPS) is 15.9. The van der Waals surface area contributed by atoms with Gasteiger partial charge in [-0.25, -0.2) is 4.79 Å². The van der Waals surface area contributed by atoms with Crippen molar-refractivity contribution >= 4 is 27.8 Å². The summed E-state index contributed by atoms with van der Waals surface area (Å²) in [4.78, 5) is 24.8. The van der Waals surface area contributed by atoms with Crippen LogP contribution in [0.5, 0.6) is 5.75 Å². The Morgan fingerprint density at radius 3 is 2.68 bits per heavy atom. The molecule has 0 bridgehead atoms. The predicted molar refractivity (Wildman–Crippen MR) is 85.4 cm³/mol. The summed E-state index contributed by atoms with van der Waals surface area (Å²) in [5.41, 5.74) is 0. The summed E-state index contributed by atoms with van der Waals surface area (Å²) in [7, 11) is 0. The van der Waals surface area contributed by atoms with Crippen LogP contribution in [0.3, 0.4) is 0 Å². The van der Waals surface area contributed by atoms with Gasteiger partial charge in [0.15, 0.2) is 0 Å². The van der Waals surface area contributed by atoms with E-state index in [0.717, 1.165) is 4.47 Å². The van der Waals surface area contributed by atoms with E-state index < -0.39 is 12.0 Å². The second-order valence-corrected chi connectivity index (χ2v) is 6.45. The molecule has 0 saturated carbocycles. The number of benzene rings is 1. The molecule has 0 saturated heterocycles. The summed E-state index contributed by atoms with van der Waals surface area (Å²) in [6, 6.07) is 6.47. The van der Waals surface area contributed by atoms with Gasteiger partial charge in [0.2, 0.25) is 0 Å². The second kappa shape index (κ2) is 6.96. The molecular weight excluding hydrogens is 350 g/mol. The van der Waals surface area contributed by atoms with Crippen LogP contribution >= 0.6 is 15.9 Å². The average molecular weight is 368 g/mol. The molecule has 2 rings (SSSR count). The van der Waals surface area contributed by atoms with Crippen LogP contribution in [-0.4, -0.2) is 34.5 Å². The van der Waals surface area contributed by atoms with Crippen molar-refractivity contribution in [3.63, 3.8) is 0 Å². The van der Waals surface area contributed by atoms with Crippen molar-refractivity contribution in [2.24, 2.45) is 5.92 Å². The topological polar surface area (TPSA) is 66.8 Å². The Labute approximate surface area is 137 Å². The van der Waals surface area contributed by atoms with E-state index in [9.17, 15) is 14.7 Å². The maximum atomic E-state index is 12.1. The maximum Gasteiger partial charge on any atom is 0.326 e. The fourth-order valence-corrected chi connectivity index (χ4v) is 2.68. The maximum absolute atomic E-state index is 12.1. The molecule has 1 N–H and O–H groups in total. The van der Waals surface area contributed by atoms with Gasteiger partial charge < -0.3 is 14.7 Å². The van der Waals surface area contributed by atoms with Crippen molar-refractivity contribution in [3.05, 3.63) is 40.6 Å². The Morgan fingerprint density at radius 1 is 1.41 bits per heavy atom. The number of nitrogens with zero attached hydrogens (tertiary/aromatic N) is 1. The first-order chi connectivity index (χ1) is 10.4. The number of ether oxygens (including phenoxy) is 1. The van der Waals surface area contributed by atoms with Crippen LogP contribution < -0.4 is 4.74 Å². The van der Waals surface area contributed by atoms with Crippen LogP contribution in [0.15, 0.2) is 40.6 Å². The molecule has 1 aliphatic heterocycles. The SMILES string of the molecule is CC(C)CC(C(=O)O)N1CC(Oc2ccccc2Br)=CC1=O. The number of hydrogen-bond donors (Lipinski definition) is 1. The van der Waals surface area contributed by atoms with E-state index in [1.807, 2.05) is 32.0 Å². The van der Waals surface area contributed by atoms with Crippen molar-refractivity contribution in [2.45, 2.75) is 26.3 Å². The van der Waals surface area contributed by atoms with Crippen LogP contribution in [0, 0.1) is 5.92 Å². The number of carbonyl (C=O) groups excluding carboxylic acids is 1. The molecule has 0 aliphatic carbocycles. The Morgan fingerprint density at radius 2 is 2.09 bits per heavy atom. The highest BCUT2D eigenvalue weighted by atomic mass is 79.9. The van der Waals surface area contributed by atoms with Crippen molar-refractivity contribution in [1.82, 2.24) is 4.90 Å². The summed E-state index contributed by atoms with van der Waals surface area (Å²) >= 11 is 3.37. The number of amides is 1. The summed E-state index contributed by atoms with van der Waals surface area (Å²) in [5, 5.41) is 9.36. The third kappa shape index (κ3) is 3.88. The first-order valence-corrected chi connectivity index (χ1v) is 7.84. The highest BCUT2D eigenvalue weighted by Crippen LogP contribution is 2.28. The van der Waals surface area contributed by atoms with E-state index in [1.165, 1.54) is 11.0 Å². The van der Waals surface area contributed by atoms with E-state index in [0.29, 0.717) is 17.9 Å². The van der Waals surface area contributed by atoms with Crippen molar-refractivity contribution in [2.75, 3.05) is 6.54 Å². The number of carbonyl (C=O) groups is 2. The largest absolute Gasteiger partial charge is 0.480 e. The van der Waals surface area contributed by atoms with Gasteiger partial charge in [-0.15, -0.1) is 0 Å². The number of aliphatic carboxylic acids is 1. The van der Waals surface area contributed by atoms with Crippen LogP contribution in [0.25, 0.3) is 0 Å². The van der Waals surface area contributed by atoms with Crippen LogP contribution in [0.2, 0.25) is 0 Å². The van der Waals surface area contributed by atoms with Crippen molar-refractivity contribution < 1.29 is 19.4 Å². The van der Waals surface area contributed by atoms with Gasteiger partial charge in [0, 0.05) is 6.08 Å². The van der Waals surface area contributed by atoms with Gasteiger partial charge in [-0.1, -0.05) is 26.0 Å². The fourth-order valence-electron chi connectivity index (χ4n) is 2.31. The Balaban J connectivity index is 2.10. The summed E-state index contributed by atoms with van der Waals surface area (Å²) in [6.07, 6.45) is 1.77. The Bertz CT molecular complexity index is 612. The van der Waals surface area contributed by atoms with Gasteiger partial charge in [-0.2, -0.15) is 0 Å². The molecule has 118 valence electrons. The molecular formula is C16H18BrNO4. The molecule has 1 unspecified atom stereocenters. The van der Waals surface area contributed by atoms with Gasteiger partial charge in [0.25, 0.3) is 5.91 Å². The van der Waals surface area contributed by atoms with Gasteiger partial charge in [-0.3, -0.25) is 4.79 Å². The second-order valence-electron chi connectivity index (χ2n) is 5.59. The zero-order valence-electron chi connectivity index (χ0n) is 12.5. The molecule has 1 amide bonds. The quantitative estimate of drug-likeness (QED) is 0.838. The van der Waals surface area contributed by atoms with E-state index >= 15 is 0 Å². The molecule has 0 aromatic heterocycles. The lowest BCUT2D eigenvalue weighted by Crippen LogP contribution is -2.43. The van der Waals surface area contributed by atoms with Crippen molar-refractivity contribution in [3.8, 4) is 5.75 Å². The van der Waals surface area contributed by atoms with Gasteiger partial charge in [0.1, 0.15) is 17.6 Å². The van der Waals surface area contributed by atoms with E-state index in [4.69, 9.17) is 4.74 Å². The Hall–Kier alpha value is -1.82. The number of hydrogen-bond acceptors (Lipinski definition) is 3. The molecule has 0 fully saturated rings. The minimum absolute atomic E-state index is 0.170. The summed E-state index contributed by atoms with van der Waals surface area (Å²) in [6.45, 7) is 4.04. The molecule has 1 heterocycles. The third-order valence-electron chi connectivity index (χ3n) is 3.33. The number of rotatable bonds is 6. The molecule has 0 radical (unpaired) electrons. The molecule has 1 atom stereocenters. The summed E-state index contributed by atoms with van der Waals surface area (Å²) in [5.74, 6) is -0.0825. The molecule has 1 aromatic carbocycles. The van der Waals surface area contributed by atoms with Crippen LogP contribution in [0.1, 0.15) is 20.3 Å². The lowest BCUT2D eigenvalue weighted by Gasteiger charge is -2.25. The summed E-state index contributed by atoms with van der Waals surface area (Å²) < 4.78 is 6.48. The number of para-hydroxylation sites is 1. The van der Waals surface area contributed by atoms with E-state index in [2.05, 4.69) is 15.9 Å². The molecule has 0 spiro atoms. The van der Waals surface area contributed by atoms with Gasteiger partial charge in [0.05, 0.1) is 11.0 Å². The van der Waals surface area contributed by atoms with E-state index in [-0.39, 0.29) is 18.4 Å². The molecule has 1 aromatic rings. The number of halogens is 1. The smallest absolute Gasteiger partial charge is 0.326 e. The average Bonchev–Trinajstić information content (AvgIpc) is 2.79. The monoisotopic (exact) mass is 367 g/mol. The lowest BCUT2D eigenvalue weighted by atomic mass is 10.0. The van der Waals surface area contributed by atoms with Crippen LogP contribution in [-0.2, 0) is 9.59 Å². The molecule has 22 heavy (non-hydrogen) atoms. The number of carboxylic acid groups (broad SMARTS) is 1. The van der Waals surface area contributed by atoms with Crippen molar-refractivity contribution in [1.29, 1.82) is 0 Å². The highest BCUT2D eigenvalue weighted by molar-refractivity contribution is 9.10. The minimum Gasteiger partial charge on any atom is -0.480 e. The van der Waals surface area contributed by atoms with E-state index in [1.54, 1.807) is 6.07 Å². The minimum atomic E-state index is -0.988.